The Morgan fingerprint density at radius 3 is 2.14 bits per heavy atom. The molecular weight excluding hydrogens is 458 g/mol. The monoisotopic (exact) mass is 503 g/mol. The van der Waals surface area contributed by atoms with Crippen LogP contribution in [0.3, 0.4) is 0 Å². The molecule has 1 fully saturated rings. The van der Waals surface area contributed by atoms with E-state index >= 15 is 0 Å². The molecule has 0 amide bonds. The zero-order chi connectivity index (χ0) is 26.5. The molecule has 1 aliphatic rings. The molecular formula is C33H45NO3. The maximum absolute atomic E-state index is 12.8. The second-order valence-electron chi connectivity index (χ2n) is 10.9. The highest BCUT2D eigenvalue weighted by Gasteiger charge is 2.37. The van der Waals surface area contributed by atoms with Crippen molar-refractivity contribution in [3.05, 3.63) is 54.1 Å². The van der Waals surface area contributed by atoms with Crippen LogP contribution >= 0.6 is 0 Å². The van der Waals surface area contributed by atoms with E-state index in [-0.39, 0.29) is 17.5 Å². The van der Waals surface area contributed by atoms with Crippen molar-refractivity contribution in [1.29, 1.82) is 5.26 Å². The Bertz CT molecular complexity index is 982. The Balaban J connectivity index is 1.45. The minimum atomic E-state index is -0.277. The first-order chi connectivity index (χ1) is 18.0. The van der Waals surface area contributed by atoms with Crippen molar-refractivity contribution < 1.29 is 14.3 Å². The van der Waals surface area contributed by atoms with Gasteiger partial charge in [0.05, 0.1) is 23.7 Å². The van der Waals surface area contributed by atoms with Crippen LogP contribution in [0.2, 0.25) is 0 Å². The van der Waals surface area contributed by atoms with E-state index in [1.54, 1.807) is 0 Å². The molecule has 0 N–H and O–H groups in total. The van der Waals surface area contributed by atoms with Crippen molar-refractivity contribution in [2.24, 2.45) is 11.3 Å². The van der Waals surface area contributed by atoms with Gasteiger partial charge in [-0.1, -0.05) is 83.6 Å². The topological polar surface area (TPSA) is 59.3 Å². The number of ether oxygens (including phenoxy) is 2. The summed E-state index contributed by atoms with van der Waals surface area (Å²) >= 11 is 0. The second kappa shape index (κ2) is 14.8. The van der Waals surface area contributed by atoms with Gasteiger partial charge in [0.15, 0.2) is 0 Å². The van der Waals surface area contributed by atoms with E-state index in [2.05, 4.69) is 39.0 Å². The molecule has 4 nitrogen and oxygen atoms in total. The number of hydrogen-bond acceptors (Lipinski definition) is 4. The first-order valence-corrected chi connectivity index (χ1v) is 14.4. The average molecular weight is 504 g/mol. The molecule has 2 aromatic rings. The standard InChI is InChI=1S/C33H45NO3/c1-4-6-7-8-9-10-23-36-30-17-15-28(16-18-30)27-11-13-29(14-12-27)32(35)37-31-19-21-33(25-34,22-20-31)24-26(3)5-2/h11-18,26,31H,4-10,19-24H2,1-3H3. The lowest BCUT2D eigenvalue weighted by Gasteiger charge is -2.36. The Morgan fingerprint density at radius 1 is 0.946 bits per heavy atom. The van der Waals surface area contributed by atoms with E-state index in [1.165, 1.54) is 32.1 Å². The van der Waals surface area contributed by atoms with Crippen LogP contribution in [0.1, 0.15) is 108 Å². The number of nitriles is 1. The summed E-state index contributed by atoms with van der Waals surface area (Å²) in [6.07, 6.45) is 12.6. The van der Waals surface area contributed by atoms with Crippen molar-refractivity contribution in [3.8, 4) is 22.9 Å². The number of benzene rings is 2. The van der Waals surface area contributed by atoms with E-state index in [4.69, 9.17) is 9.47 Å². The lowest BCUT2D eigenvalue weighted by molar-refractivity contribution is 0.00923. The van der Waals surface area contributed by atoms with Gasteiger partial charge in [0, 0.05) is 0 Å². The number of unbranched alkanes of at least 4 members (excludes halogenated alkanes) is 5. The summed E-state index contributed by atoms with van der Waals surface area (Å²) < 4.78 is 11.7. The SMILES string of the molecule is CCCCCCCCOc1ccc(-c2ccc(C(=O)OC3CCC(C#N)(CC(C)CC)CC3)cc2)cc1. The number of esters is 1. The maximum atomic E-state index is 12.8. The lowest BCUT2D eigenvalue weighted by atomic mass is 9.69. The molecule has 200 valence electrons. The van der Waals surface area contributed by atoms with Gasteiger partial charge in [-0.05, 0) is 79.8 Å². The van der Waals surface area contributed by atoms with E-state index < -0.39 is 0 Å². The Labute approximate surface area is 224 Å². The quantitative estimate of drug-likeness (QED) is 0.190. The smallest absolute Gasteiger partial charge is 0.338 e. The van der Waals surface area contributed by atoms with Gasteiger partial charge in [-0.15, -0.1) is 0 Å². The summed E-state index contributed by atoms with van der Waals surface area (Å²) in [5, 5.41) is 9.78. The van der Waals surface area contributed by atoms with Gasteiger partial charge >= 0.3 is 5.97 Å². The van der Waals surface area contributed by atoms with E-state index in [1.807, 2.05) is 36.4 Å². The van der Waals surface area contributed by atoms with E-state index in [0.717, 1.165) is 68.4 Å². The van der Waals surface area contributed by atoms with Gasteiger partial charge in [-0.25, -0.2) is 4.79 Å². The van der Waals surface area contributed by atoms with Crippen LogP contribution in [-0.2, 0) is 4.74 Å². The highest BCUT2D eigenvalue weighted by atomic mass is 16.5. The van der Waals surface area contributed by atoms with Gasteiger partial charge in [-0.3, -0.25) is 0 Å². The van der Waals surface area contributed by atoms with Crippen molar-refractivity contribution >= 4 is 5.97 Å². The first-order valence-electron chi connectivity index (χ1n) is 14.4. The van der Waals surface area contributed by atoms with Gasteiger partial charge in [0.2, 0.25) is 0 Å². The molecule has 1 atom stereocenters. The third-order valence-corrected chi connectivity index (χ3v) is 7.91. The molecule has 0 radical (unpaired) electrons. The summed E-state index contributed by atoms with van der Waals surface area (Å²) in [5.41, 5.74) is 2.46. The molecule has 4 heteroatoms. The van der Waals surface area contributed by atoms with Crippen molar-refractivity contribution in [1.82, 2.24) is 0 Å². The fraction of sp³-hybridized carbons (Fsp3) is 0.576. The van der Waals surface area contributed by atoms with Crippen LogP contribution in [0.5, 0.6) is 5.75 Å². The molecule has 1 saturated carbocycles. The Hall–Kier alpha value is -2.80. The minimum Gasteiger partial charge on any atom is -0.494 e. The Kier molecular flexibility index (Phi) is 11.5. The number of carbonyl (C=O) groups excluding carboxylic acids is 1. The zero-order valence-corrected chi connectivity index (χ0v) is 23.1. The van der Waals surface area contributed by atoms with Crippen LogP contribution in [0.15, 0.2) is 48.5 Å². The molecule has 0 saturated heterocycles. The van der Waals surface area contributed by atoms with E-state index in [9.17, 15) is 10.1 Å². The summed E-state index contributed by atoms with van der Waals surface area (Å²) in [5.74, 6) is 1.17. The van der Waals surface area contributed by atoms with Crippen molar-refractivity contribution in [3.63, 3.8) is 0 Å². The molecule has 1 unspecified atom stereocenters. The van der Waals surface area contributed by atoms with Gasteiger partial charge < -0.3 is 9.47 Å². The maximum Gasteiger partial charge on any atom is 0.338 e. The van der Waals surface area contributed by atoms with Gasteiger partial charge in [-0.2, -0.15) is 5.26 Å². The van der Waals surface area contributed by atoms with E-state index in [0.29, 0.717) is 11.5 Å². The first kappa shape index (κ1) is 28.8. The van der Waals surface area contributed by atoms with Crippen LogP contribution in [0.4, 0.5) is 0 Å². The van der Waals surface area contributed by atoms with Crippen LogP contribution < -0.4 is 4.74 Å². The van der Waals surface area contributed by atoms with Gasteiger partial charge in [0.1, 0.15) is 11.9 Å². The number of rotatable bonds is 14. The predicted molar refractivity (Wildman–Crippen MR) is 151 cm³/mol. The average Bonchev–Trinajstić information content (AvgIpc) is 2.94. The summed E-state index contributed by atoms with van der Waals surface area (Å²) in [6.45, 7) is 7.39. The number of hydrogen-bond donors (Lipinski definition) is 0. The number of nitrogens with zero attached hydrogens (tertiary/aromatic N) is 1. The summed E-state index contributed by atoms with van der Waals surface area (Å²) in [7, 11) is 0. The number of carbonyl (C=O) groups is 1. The van der Waals surface area contributed by atoms with Crippen molar-refractivity contribution in [2.45, 2.75) is 104 Å². The summed E-state index contributed by atoms with van der Waals surface area (Å²) in [6, 6.07) is 18.4. The third kappa shape index (κ3) is 8.92. The largest absolute Gasteiger partial charge is 0.494 e. The molecule has 0 heterocycles. The molecule has 0 bridgehead atoms. The molecule has 0 spiro atoms. The van der Waals surface area contributed by atoms with Gasteiger partial charge in [0.25, 0.3) is 0 Å². The van der Waals surface area contributed by atoms with Crippen LogP contribution in [0.25, 0.3) is 11.1 Å². The van der Waals surface area contributed by atoms with Crippen LogP contribution in [0, 0.1) is 22.7 Å². The normalized spacial score (nSPS) is 20.1. The highest BCUT2D eigenvalue weighted by Crippen LogP contribution is 2.42. The molecule has 0 aromatic heterocycles. The predicted octanol–water partition coefficient (Wildman–Crippen LogP) is 9.14. The lowest BCUT2D eigenvalue weighted by Crippen LogP contribution is -2.32. The third-order valence-electron chi connectivity index (χ3n) is 7.91. The molecule has 0 aliphatic heterocycles. The zero-order valence-electron chi connectivity index (χ0n) is 23.1. The highest BCUT2D eigenvalue weighted by molar-refractivity contribution is 5.90. The second-order valence-corrected chi connectivity index (χ2v) is 10.9. The molecule has 3 rings (SSSR count). The molecule has 2 aromatic carbocycles. The Morgan fingerprint density at radius 2 is 1.54 bits per heavy atom. The van der Waals surface area contributed by atoms with Crippen LogP contribution in [-0.4, -0.2) is 18.7 Å². The molecule has 37 heavy (non-hydrogen) atoms. The minimum absolute atomic E-state index is 0.102. The van der Waals surface area contributed by atoms with Crippen molar-refractivity contribution in [2.75, 3.05) is 6.61 Å². The summed E-state index contributed by atoms with van der Waals surface area (Å²) in [4.78, 5) is 12.8. The fourth-order valence-electron chi connectivity index (χ4n) is 5.27. The molecule has 1 aliphatic carbocycles. The fourth-order valence-corrected chi connectivity index (χ4v) is 5.27.